The van der Waals surface area contributed by atoms with Gasteiger partial charge in [-0.25, -0.2) is 4.98 Å². The summed E-state index contributed by atoms with van der Waals surface area (Å²) in [4.78, 5) is 16.6. The minimum Gasteiger partial charge on any atom is -0.344 e. The number of carbonyl (C=O) groups excluding carboxylic acids is 1. The number of hydrogen-bond donors (Lipinski definition) is 1. The zero-order valence-electron chi connectivity index (χ0n) is 11.2. The third-order valence-electron chi connectivity index (χ3n) is 3.30. The van der Waals surface area contributed by atoms with Crippen LogP contribution in [0, 0.1) is 0 Å². The molecule has 1 unspecified atom stereocenters. The summed E-state index contributed by atoms with van der Waals surface area (Å²) in [7, 11) is 0. The average Bonchev–Trinajstić information content (AvgIpc) is 2.92. The van der Waals surface area contributed by atoms with Crippen molar-refractivity contribution in [3.8, 4) is 0 Å². The van der Waals surface area contributed by atoms with Gasteiger partial charge in [0.2, 0.25) is 0 Å². The maximum Gasteiger partial charge on any atom is 0.270 e. The number of fused-ring (bicyclic) bond motifs is 1. The maximum atomic E-state index is 12.3. The molecule has 3 aromatic rings. The lowest BCUT2D eigenvalue weighted by atomic mass is 10.1. The molecule has 2 heterocycles. The number of rotatable bonds is 3. The number of nitrogens with one attached hydrogen (secondary N) is 1. The molecule has 0 aliphatic rings. The second-order valence-corrected chi connectivity index (χ2v) is 4.68. The van der Waals surface area contributed by atoms with Crippen LogP contribution in [-0.4, -0.2) is 15.3 Å². The molecule has 0 aliphatic heterocycles. The van der Waals surface area contributed by atoms with Crippen molar-refractivity contribution in [2.45, 2.75) is 13.0 Å². The van der Waals surface area contributed by atoms with Gasteiger partial charge < -0.3 is 5.32 Å². The van der Waals surface area contributed by atoms with Crippen LogP contribution in [0.15, 0.2) is 60.9 Å². The molecule has 1 N–H and O–H groups in total. The molecule has 20 heavy (non-hydrogen) atoms. The normalized spacial score (nSPS) is 12.2. The van der Waals surface area contributed by atoms with E-state index >= 15 is 0 Å². The number of amides is 1. The predicted molar refractivity (Wildman–Crippen MR) is 77.5 cm³/mol. The molecular weight excluding hydrogens is 250 g/mol. The molecule has 100 valence electrons. The van der Waals surface area contributed by atoms with E-state index in [1.807, 2.05) is 61.7 Å². The molecule has 4 nitrogen and oxygen atoms in total. The Balaban J connectivity index is 1.83. The van der Waals surface area contributed by atoms with Gasteiger partial charge in [-0.3, -0.25) is 9.20 Å². The molecule has 2 aromatic heterocycles. The summed E-state index contributed by atoms with van der Waals surface area (Å²) in [5, 5.41) is 2.99. The highest BCUT2D eigenvalue weighted by Gasteiger charge is 2.14. The SMILES string of the molecule is CC(NC(=O)c1cnc2ccccn12)c1ccccc1. The smallest absolute Gasteiger partial charge is 0.270 e. The fourth-order valence-corrected chi connectivity index (χ4v) is 2.20. The Morgan fingerprint density at radius 1 is 1.15 bits per heavy atom. The first-order valence-corrected chi connectivity index (χ1v) is 6.53. The van der Waals surface area contributed by atoms with Crippen molar-refractivity contribution in [3.63, 3.8) is 0 Å². The van der Waals surface area contributed by atoms with Crippen LogP contribution in [0.5, 0.6) is 0 Å². The zero-order valence-corrected chi connectivity index (χ0v) is 11.2. The van der Waals surface area contributed by atoms with Gasteiger partial charge in [-0.05, 0) is 24.6 Å². The van der Waals surface area contributed by atoms with E-state index < -0.39 is 0 Å². The van der Waals surface area contributed by atoms with Gasteiger partial charge in [0.25, 0.3) is 5.91 Å². The molecule has 1 amide bonds. The summed E-state index contributed by atoms with van der Waals surface area (Å²) in [6.07, 6.45) is 3.44. The number of hydrogen-bond acceptors (Lipinski definition) is 2. The second kappa shape index (κ2) is 5.17. The van der Waals surface area contributed by atoms with Crippen LogP contribution in [0.25, 0.3) is 5.65 Å². The minimum absolute atomic E-state index is 0.0436. The van der Waals surface area contributed by atoms with Crippen molar-refractivity contribution in [1.82, 2.24) is 14.7 Å². The van der Waals surface area contributed by atoms with Gasteiger partial charge in [-0.2, -0.15) is 0 Å². The molecule has 0 radical (unpaired) electrons. The summed E-state index contributed by atoms with van der Waals surface area (Å²) in [6.45, 7) is 1.97. The van der Waals surface area contributed by atoms with E-state index in [1.165, 1.54) is 0 Å². The summed E-state index contributed by atoms with van der Waals surface area (Å²) in [5.74, 6) is -0.125. The van der Waals surface area contributed by atoms with Crippen molar-refractivity contribution in [2.75, 3.05) is 0 Å². The van der Waals surface area contributed by atoms with E-state index in [0.29, 0.717) is 5.69 Å². The molecule has 0 bridgehead atoms. The number of pyridine rings is 1. The first-order valence-electron chi connectivity index (χ1n) is 6.53. The number of benzene rings is 1. The van der Waals surface area contributed by atoms with Crippen molar-refractivity contribution in [2.24, 2.45) is 0 Å². The Labute approximate surface area is 117 Å². The van der Waals surface area contributed by atoms with E-state index in [-0.39, 0.29) is 11.9 Å². The maximum absolute atomic E-state index is 12.3. The average molecular weight is 265 g/mol. The number of carbonyl (C=O) groups is 1. The highest BCUT2D eigenvalue weighted by atomic mass is 16.2. The van der Waals surface area contributed by atoms with E-state index in [0.717, 1.165) is 11.2 Å². The number of imidazole rings is 1. The van der Waals surface area contributed by atoms with E-state index in [4.69, 9.17) is 0 Å². The Bertz CT molecular complexity index is 734. The first-order chi connectivity index (χ1) is 9.75. The van der Waals surface area contributed by atoms with Gasteiger partial charge in [0.1, 0.15) is 11.3 Å². The second-order valence-electron chi connectivity index (χ2n) is 4.68. The largest absolute Gasteiger partial charge is 0.344 e. The van der Waals surface area contributed by atoms with Crippen molar-refractivity contribution < 1.29 is 4.79 Å². The van der Waals surface area contributed by atoms with Crippen LogP contribution in [0.2, 0.25) is 0 Å². The van der Waals surface area contributed by atoms with Crippen molar-refractivity contribution in [1.29, 1.82) is 0 Å². The molecule has 0 fully saturated rings. The van der Waals surface area contributed by atoms with Gasteiger partial charge in [-0.1, -0.05) is 36.4 Å². The van der Waals surface area contributed by atoms with Gasteiger partial charge in [0, 0.05) is 6.20 Å². The Morgan fingerprint density at radius 2 is 1.90 bits per heavy atom. The highest BCUT2D eigenvalue weighted by molar-refractivity contribution is 5.93. The van der Waals surface area contributed by atoms with Gasteiger partial charge in [0.15, 0.2) is 0 Å². The van der Waals surface area contributed by atoms with E-state index in [1.54, 1.807) is 10.6 Å². The molecule has 1 atom stereocenters. The Morgan fingerprint density at radius 3 is 2.70 bits per heavy atom. The lowest BCUT2D eigenvalue weighted by Crippen LogP contribution is -2.27. The van der Waals surface area contributed by atoms with Gasteiger partial charge >= 0.3 is 0 Å². The first kappa shape index (κ1) is 12.4. The predicted octanol–water partition coefficient (Wildman–Crippen LogP) is 2.83. The molecule has 1 aromatic carbocycles. The quantitative estimate of drug-likeness (QED) is 0.791. The zero-order chi connectivity index (χ0) is 13.9. The van der Waals surface area contributed by atoms with Crippen LogP contribution < -0.4 is 5.32 Å². The van der Waals surface area contributed by atoms with Crippen molar-refractivity contribution >= 4 is 11.6 Å². The molecular formula is C16H15N3O. The van der Waals surface area contributed by atoms with Crippen LogP contribution in [-0.2, 0) is 0 Å². The lowest BCUT2D eigenvalue weighted by molar-refractivity contribution is 0.0934. The monoisotopic (exact) mass is 265 g/mol. The lowest BCUT2D eigenvalue weighted by Gasteiger charge is -2.13. The van der Waals surface area contributed by atoms with Gasteiger partial charge in [0.05, 0.1) is 12.2 Å². The highest BCUT2D eigenvalue weighted by Crippen LogP contribution is 2.13. The van der Waals surface area contributed by atoms with E-state index in [9.17, 15) is 4.79 Å². The van der Waals surface area contributed by atoms with Crippen LogP contribution in [0.3, 0.4) is 0 Å². The summed E-state index contributed by atoms with van der Waals surface area (Å²) in [6, 6.07) is 15.5. The Kier molecular flexibility index (Phi) is 3.21. The van der Waals surface area contributed by atoms with Crippen LogP contribution >= 0.6 is 0 Å². The standard InChI is InChI=1S/C16H15N3O/c1-12(13-7-3-2-4-8-13)18-16(20)14-11-17-15-9-5-6-10-19(14)15/h2-12H,1H3,(H,18,20). The summed E-state index contributed by atoms with van der Waals surface area (Å²) in [5.41, 5.74) is 2.39. The molecule has 0 saturated carbocycles. The van der Waals surface area contributed by atoms with Crippen molar-refractivity contribution in [3.05, 3.63) is 72.2 Å². The number of aromatic nitrogens is 2. The molecule has 0 spiro atoms. The molecule has 4 heteroatoms. The third kappa shape index (κ3) is 2.28. The fraction of sp³-hybridized carbons (Fsp3) is 0.125. The molecule has 0 aliphatic carbocycles. The van der Waals surface area contributed by atoms with Gasteiger partial charge in [-0.15, -0.1) is 0 Å². The third-order valence-corrected chi connectivity index (χ3v) is 3.30. The number of nitrogens with zero attached hydrogens (tertiary/aromatic N) is 2. The van der Waals surface area contributed by atoms with Crippen LogP contribution in [0.1, 0.15) is 29.0 Å². The topological polar surface area (TPSA) is 46.4 Å². The van der Waals surface area contributed by atoms with Crippen LogP contribution in [0.4, 0.5) is 0 Å². The molecule has 0 saturated heterocycles. The summed E-state index contributed by atoms with van der Waals surface area (Å²) < 4.78 is 1.78. The fourth-order valence-electron chi connectivity index (χ4n) is 2.20. The Hall–Kier alpha value is -2.62. The van der Waals surface area contributed by atoms with E-state index in [2.05, 4.69) is 10.3 Å². The molecule has 3 rings (SSSR count). The minimum atomic E-state index is -0.125. The summed E-state index contributed by atoms with van der Waals surface area (Å²) >= 11 is 0.